The number of hydrogen-bond donors (Lipinski definition) is 0. The molecule has 0 heterocycles. The van der Waals surface area contributed by atoms with Crippen LogP contribution in [-0.2, 0) is 28.6 Å². The summed E-state index contributed by atoms with van der Waals surface area (Å²) < 4.78 is 16.8. The van der Waals surface area contributed by atoms with Gasteiger partial charge in [0.15, 0.2) is 6.10 Å². The van der Waals surface area contributed by atoms with Gasteiger partial charge in [-0.1, -0.05) is 234 Å². The lowest BCUT2D eigenvalue weighted by molar-refractivity contribution is -0.167. The van der Waals surface area contributed by atoms with Gasteiger partial charge in [-0.15, -0.1) is 0 Å². The van der Waals surface area contributed by atoms with Gasteiger partial charge in [0.1, 0.15) is 13.2 Å². The van der Waals surface area contributed by atoms with Gasteiger partial charge in [-0.3, -0.25) is 14.4 Å². The zero-order valence-corrected chi connectivity index (χ0v) is 39.1. The van der Waals surface area contributed by atoms with E-state index in [-0.39, 0.29) is 31.1 Å². The average Bonchev–Trinajstić information content (AvgIpc) is 3.18. The molecule has 0 fully saturated rings. The maximum atomic E-state index is 12.7. The Morgan fingerprint density at radius 2 is 0.614 bits per heavy atom. The Morgan fingerprint density at radius 3 is 0.912 bits per heavy atom. The van der Waals surface area contributed by atoms with Crippen LogP contribution in [0.1, 0.15) is 273 Å². The highest BCUT2D eigenvalue weighted by Gasteiger charge is 2.19. The minimum atomic E-state index is -0.763. The highest BCUT2D eigenvalue weighted by molar-refractivity contribution is 5.71. The first kappa shape index (κ1) is 55.4. The van der Waals surface area contributed by atoms with E-state index in [4.69, 9.17) is 14.2 Å². The smallest absolute Gasteiger partial charge is 0.306 e. The summed E-state index contributed by atoms with van der Waals surface area (Å²) in [7, 11) is 0. The monoisotopic (exact) mass is 807 g/mol. The van der Waals surface area contributed by atoms with Crippen LogP contribution in [0.4, 0.5) is 0 Å². The molecule has 2 atom stereocenters. The van der Waals surface area contributed by atoms with Gasteiger partial charge < -0.3 is 14.2 Å². The first-order valence-electron chi connectivity index (χ1n) is 25.1. The van der Waals surface area contributed by atoms with Crippen LogP contribution < -0.4 is 0 Å². The zero-order valence-electron chi connectivity index (χ0n) is 39.1. The molecule has 1 unspecified atom stereocenters. The summed E-state index contributed by atoms with van der Waals surface area (Å²) in [5, 5.41) is 0. The van der Waals surface area contributed by atoms with Crippen molar-refractivity contribution < 1.29 is 28.6 Å². The molecular formula is C51H98O6. The van der Waals surface area contributed by atoms with Crippen molar-refractivity contribution in [3.63, 3.8) is 0 Å². The Kier molecular flexibility index (Phi) is 41.3. The summed E-state index contributed by atoms with van der Waals surface area (Å²) in [4.78, 5) is 37.8. The number of hydrogen-bond acceptors (Lipinski definition) is 6. The fourth-order valence-electron chi connectivity index (χ4n) is 7.55. The van der Waals surface area contributed by atoms with E-state index in [1.807, 2.05) is 0 Å². The molecule has 0 aromatic carbocycles. The van der Waals surface area contributed by atoms with Gasteiger partial charge in [-0.2, -0.15) is 0 Å². The third-order valence-corrected chi connectivity index (χ3v) is 11.8. The maximum Gasteiger partial charge on any atom is 0.306 e. The molecule has 0 spiro atoms. The van der Waals surface area contributed by atoms with Crippen LogP contribution in [0.3, 0.4) is 0 Å². The molecule has 6 heteroatoms. The maximum absolute atomic E-state index is 12.7. The molecule has 0 aliphatic rings. The molecule has 57 heavy (non-hydrogen) atoms. The molecule has 0 radical (unpaired) electrons. The Labute approximate surface area is 355 Å². The Hall–Kier alpha value is -1.59. The van der Waals surface area contributed by atoms with E-state index in [2.05, 4.69) is 41.5 Å². The van der Waals surface area contributed by atoms with Crippen LogP contribution in [0.5, 0.6) is 0 Å². The van der Waals surface area contributed by atoms with E-state index in [9.17, 15) is 14.4 Å². The largest absolute Gasteiger partial charge is 0.462 e. The van der Waals surface area contributed by atoms with Crippen LogP contribution >= 0.6 is 0 Å². The van der Waals surface area contributed by atoms with Gasteiger partial charge in [0.25, 0.3) is 0 Å². The number of esters is 3. The van der Waals surface area contributed by atoms with Crippen LogP contribution in [-0.4, -0.2) is 37.2 Å². The molecule has 0 aliphatic carbocycles. The number of unbranched alkanes of at least 4 members (excludes halogenated alkanes) is 26. The van der Waals surface area contributed by atoms with Gasteiger partial charge in [0, 0.05) is 19.3 Å². The van der Waals surface area contributed by atoms with Crippen molar-refractivity contribution in [2.24, 2.45) is 17.8 Å². The average molecular weight is 807 g/mol. The van der Waals surface area contributed by atoms with E-state index in [0.29, 0.717) is 19.3 Å². The first-order valence-corrected chi connectivity index (χ1v) is 25.1. The van der Waals surface area contributed by atoms with Gasteiger partial charge >= 0.3 is 17.9 Å². The van der Waals surface area contributed by atoms with Crippen LogP contribution in [0, 0.1) is 17.8 Å². The Morgan fingerprint density at radius 1 is 0.351 bits per heavy atom. The van der Waals surface area contributed by atoms with Crippen LogP contribution in [0.25, 0.3) is 0 Å². The quantitative estimate of drug-likeness (QED) is 0.0347. The van der Waals surface area contributed by atoms with E-state index >= 15 is 0 Å². The molecule has 0 amide bonds. The minimum absolute atomic E-state index is 0.0657. The van der Waals surface area contributed by atoms with Crippen molar-refractivity contribution in [3.8, 4) is 0 Å². The molecule has 0 saturated heterocycles. The molecular weight excluding hydrogens is 709 g/mol. The standard InChI is InChI=1S/C51H98O6/c1-7-47(6)39-33-27-23-24-29-35-41-50(53)56-44-48(57-51(54)42-36-30-22-18-14-16-20-26-32-38-46(4)5)43-55-49(52)40-34-28-21-17-13-11-9-8-10-12-15-19-25-31-37-45(2)3/h45-48H,7-44H2,1-6H3/t47?,48-/m1/s1. The highest BCUT2D eigenvalue weighted by Crippen LogP contribution is 2.18. The third-order valence-electron chi connectivity index (χ3n) is 11.8. The van der Waals surface area contributed by atoms with Gasteiger partial charge in [-0.25, -0.2) is 0 Å². The van der Waals surface area contributed by atoms with Gasteiger partial charge in [0.05, 0.1) is 0 Å². The molecule has 0 rings (SSSR count). The molecule has 0 aliphatic heterocycles. The molecule has 0 bridgehead atoms. The second-order valence-corrected chi connectivity index (χ2v) is 18.6. The van der Waals surface area contributed by atoms with Crippen molar-refractivity contribution in [1.82, 2.24) is 0 Å². The predicted octanol–water partition coefficient (Wildman–Crippen LogP) is 16.0. The van der Waals surface area contributed by atoms with Crippen molar-refractivity contribution in [2.75, 3.05) is 13.2 Å². The molecule has 0 saturated carbocycles. The summed E-state index contributed by atoms with van der Waals surface area (Å²) in [5.41, 5.74) is 0. The number of carbonyl (C=O) groups is 3. The second kappa shape index (κ2) is 42.5. The molecule has 338 valence electrons. The summed E-state index contributed by atoms with van der Waals surface area (Å²) in [6, 6.07) is 0. The number of carbonyl (C=O) groups excluding carboxylic acids is 3. The topological polar surface area (TPSA) is 78.9 Å². The SMILES string of the molecule is CCC(C)CCCCCCCCC(=O)OC[C@@H](COC(=O)CCCCCCCCCCCCCCCCC(C)C)OC(=O)CCCCCCCCCCCC(C)C. The second-order valence-electron chi connectivity index (χ2n) is 18.6. The fraction of sp³-hybridized carbons (Fsp3) is 0.941. The van der Waals surface area contributed by atoms with E-state index in [1.165, 1.54) is 154 Å². The summed E-state index contributed by atoms with van der Waals surface area (Å²) in [6.07, 6.45) is 40.9. The van der Waals surface area contributed by atoms with Crippen molar-refractivity contribution in [3.05, 3.63) is 0 Å². The van der Waals surface area contributed by atoms with E-state index < -0.39 is 6.10 Å². The predicted molar refractivity (Wildman–Crippen MR) is 243 cm³/mol. The first-order chi connectivity index (χ1) is 27.6. The van der Waals surface area contributed by atoms with E-state index in [0.717, 1.165) is 75.5 Å². The molecule has 0 aromatic heterocycles. The normalized spacial score (nSPS) is 12.6. The molecule has 6 nitrogen and oxygen atoms in total. The minimum Gasteiger partial charge on any atom is -0.462 e. The fourth-order valence-corrected chi connectivity index (χ4v) is 7.55. The van der Waals surface area contributed by atoms with Crippen LogP contribution in [0.2, 0.25) is 0 Å². The molecule has 0 aromatic rings. The third kappa shape index (κ3) is 43.8. The zero-order chi connectivity index (χ0) is 42.0. The lowest BCUT2D eigenvalue weighted by Gasteiger charge is -2.18. The summed E-state index contributed by atoms with van der Waals surface area (Å²) >= 11 is 0. The number of ether oxygens (including phenoxy) is 3. The van der Waals surface area contributed by atoms with Crippen LogP contribution in [0.15, 0.2) is 0 Å². The summed E-state index contributed by atoms with van der Waals surface area (Å²) in [6.45, 7) is 13.7. The lowest BCUT2D eigenvalue weighted by atomic mass is 10.00. The Bertz CT molecular complexity index is 885. The summed E-state index contributed by atoms with van der Waals surface area (Å²) in [5.74, 6) is 1.61. The van der Waals surface area contributed by atoms with Crippen molar-refractivity contribution in [2.45, 2.75) is 279 Å². The lowest BCUT2D eigenvalue weighted by Crippen LogP contribution is -2.30. The van der Waals surface area contributed by atoms with Gasteiger partial charge in [-0.05, 0) is 37.0 Å². The molecule has 0 N–H and O–H groups in total. The Balaban J connectivity index is 4.29. The van der Waals surface area contributed by atoms with Gasteiger partial charge in [0.2, 0.25) is 0 Å². The van der Waals surface area contributed by atoms with Crippen molar-refractivity contribution >= 4 is 17.9 Å². The number of rotatable bonds is 44. The highest BCUT2D eigenvalue weighted by atomic mass is 16.6. The van der Waals surface area contributed by atoms with Crippen molar-refractivity contribution in [1.29, 1.82) is 0 Å². The van der Waals surface area contributed by atoms with E-state index in [1.54, 1.807) is 0 Å².